The van der Waals surface area contributed by atoms with Crippen LogP contribution in [0.5, 0.6) is 0 Å². The first kappa shape index (κ1) is 24.3. The Hall–Kier alpha value is -3.85. The van der Waals surface area contributed by atoms with Crippen LogP contribution in [0.1, 0.15) is 18.1 Å². The highest BCUT2D eigenvalue weighted by atomic mass is 16.5. The van der Waals surface area contributed by atoms with Crippen molar-refractivity contribution in [1.29, 1.82) is 0 Å². The van der Waals surface area contributed by atoms with Gasteiger partial charge in [0, 0.05) is 27.2 Å². The number of hydrogen-bond donors (Lipinski definition) is 0. The molecule has 3 amide bonds. The lowest BCUT2D eigenvalue weighted by Crippen LogP contribution is -2.62. The minimum Gasteiger partial charge on any atom is -0.463 e. The third-order valence-corrected chi connectivity index (χ3v) is 6.08. The van der Waals surface area contributed by atoms with Crippen molar-refractivity contribution in [3.63, 3.8) is 0 Å². The summed E-state index contributed by atoms with van der Waals surface area (Å²) in [5, 5.41) is 0. The highest BCUT2D eigenvalue weighted by Crippen LogP contribution is 2.20. The van der Waals surface area contributed by atoms with E-state index < -0.39 is 23.9 Å². The second-order valence-electron chi connectivity index (χ2n) is 8.58. The number of urea groups is 1. The lowest BCUT2D eigenvalue weighted by Gasteiger charge is -2.30. The second kappa shape index (κ2) is 10.6. The average molecular weight is 477 g/mol. The van der Waals surface area contributed by atoms with Gasteiger partial charge in [-0.15, -0.1) is 0 Å². The van der Waals surface area contributed by atoms with Gasteiger partial charge in [0.15, 0.2) is 6.54 Å². The van der Waals surface area contributed by atoms with Gasteiger partial charge in [-0.05, 0) is 23.0 Å². The molecule has 0 saturated carbocycles. The van der Waals surface area contributed by atoms with Crippen molar-refractivity contribution in [2.75, 3.05) is 33.8 Å². The third kappa shape index (κ3) is 5.30. The molecule has 2 heterocycles. The maximum atomic E-state index is 13.1. The van der Waals surface area contributed by atoms with E-state index in [2.05, 4.69) is 29.2 Å². The summed E-state index contributed by atoms with van der Waals surface area (Å²) in [5.41, 5.74) is 2.26. The molecule has 35 heavy (non-hydrogen) atoms. The van der Waals surface area contributed by atoms with Crippen LogP contribution < -0.4 is 0 Å². The smallest absolute Gasteiger partial charge is 0.348 e. The normalized spacial score (nSPS) is 17.7. The number of fused-ring (bicyclic) bond motifs is 1. The predicted molar refractivity (Wildman–Crippen MR) is 131 cm³/mol. The molecule has 4 rings (SSSR count). The molecule has 9 nitrogen and oxygen atoms in total. The van der Waals surface area contributed by atoms with E-state index in [9.17, 15) is 14.4 Å². The van der Waals surface area contributed by atoms with E-state index in [1.165, 1.54) is 11.9 Å². The molecular weight excluding hydrogens is 446 g/mol. The molecule has 2 aliphatic rings. The SMILES string of the molecule is CCOC(=O)C[N+]1=C(CN(Cc2ccccc2)Cc2ccccc2)N=C2C1C(=O)N(C)C(=O)N2C. The van der Waals surface area contributed by atoms with Crippen molar-refractivity contribution < 1.29 is 23.7 Å². The Morgan fingerprint density at radius 1 is 0.943 bits per heavy atom. The first-order chi connectivity index (χ1) is 16.9. The van der Waals surface area contributed by atoms with Crippen molar-refractivity contribution in [3.05, 3.63) is 71.8 Å². The highest BCUT2D eigenvalue weighted by Gasteiger charge is 2.53. The standard InChI is InChI=1S/C26H30N5O4/c1-4-35-22(32)18-31-21(27-24-23(31)25(33)29(3)26(34)28(24)2)17-30(15-19-11-7-5-8-12-19)16-20-13-9-6-10-14-20/h5-14,23H,4,15-18H2,1-3H3/q+1. The number of aliphatic imine (C=N–C) groups is 1. The van der Waals surface area contributed by atoms with E-state index in [0.29, 0.717) is 31.3 Å². The van der Waals surface area contributed by atoms with E-state index in [1.54, 1.807) is 18.5 Å². The van der Waals surface area contributed by atoms with Crippen LogP contribution in [0, 0.1) is 0 Å². The zero-order valence-electron chi connectivity index (χ0n) is 20.3. The number of amidine groups is 2. The summed E-state index contributed by atoms with van der Waals surface area (Å²) in [7, 11) is 3.03. The number of amides is 3. The number of carbonyl (C=O) groups is 3. The van der Waals surface area contributed by atoms with Crippen LogP contribution in [0.15, 0.2) is 65.7 Å². The summed E-state index contributed by atoms with van der Waals surface area (Å²) < 4.78 is 6.84. The molecule has 1 saturated heterocycles. The first-order valence-corrected chi connectivity index (χ1v) is 11.6. The van der Waals surface area contributed by atoms with Crippen LogP contribution in [-0.2, 0) is 27.4 Å². The maximum Gasteiger partial charge on any atom is 0.348 e. The number of imide groups is 1. The molecule has 2 aromatic rings. The number of nitrogens with zero attached hydrogens (tertiary/aromatic N) is 5. The number of benzene rings is 2. The first-order valence-electron chi connectivity index (χ1n) is 11.6. The molecular formula is C26H30N5O4+. The number of likely N-dealkylation sites (N-methyl/N-ethyl adjacent to an activating group) is 2. The maximum absolute atomic E-state index is 13.1. The van der Waals surface area contributed by atoms with Gasteiger partial charge >= 0.3 is 17.8 Å². The number of rotatable bonds is 9. The summed E-state index contributed by atoms with van der Waals surface area (Å²) in [4.78, 5) is 47.5. The van der Waals surface area contributed by atoms with Crippen LogP contribution in [0.2, 0.25) is 0 Å². The lowest BCUT2D eigenvalue weighted by molar-refractivity contribution is -0.527. The largest absolute Gasteiger partial charge is 0.463 e. The molecule has 2 aliphatic heterocycles. The van der Waals surface area contributed by atoms with Gasteiger partial charge in [-0.1, -0.05) is 60.7 Å². The lowest BCUT2D eigenvalue weighted by atomic mass is 10.1. The van der Waals surface area contributed by atoms with E-state index in [0.717, 1.165) is 16.0 Å². The van der Waals surface area contributed by atoms with Gasteiger partial charge in [-0.25, -0.2) is 14.2 Å². The van der Waals surface area contributed by atoms with Crippen molar-refractivity contribution in [1.82, 2.24) is 14.7 Å². The summed E-state index contributed by atoms with van der Waals surface area (Å²) in [6, 6.07) is 18.9. The van der Waals surface area contributed by atoms with E-state index in [-0.39, 0.29) is 13.2 Å². The van der Waals surface area contributed by atoms with Crippen LogP contribution in [0.25, 0.3) is 0 Å². The summed E-state index contributed by atoms with van der Waals surface area (Å²) in [6.45, 7) is 3.51. The van der Waals surface area contributed by atoms with Gasteiger partial charge < -0.3 is 4.74 Å². The van der Waals surface area contributed by atoms with E-state index in [1.807, 2.05) is 36.4 Å². The van der Waals surface area contributed by atoms with Crippen molar-refractivity contribution in [2.24, 2.45) is 4.99 Å². The van der Waals surface area contributed by atoms with Crippen LogP contribution in [-0.4, -0.2) is 88.7 Å². The monoisotopic (exact) mass is 476 g/mol. The quantitative estimate of drug-likeness (QED) is 0.408. The zero-order valence-corrected chi connectivity index (χ0v) is 20.3. The molecule has 1 unspecified atom stereocenters. The Bertz CT molecular complexity index is 1120. The molecule has 1 atom stereocenters. The van der Waals surface area contributed by atoms with Gasteiger partial charge in [0.2, 0.25) is 0 Å². The summed E-state index contributed by atoms with van der Waals surface area (Å²) in [5.74, 6) is 0.0166. The van der Waals surface area contributed by atoms with Crippen LogP contribution in [0.3, 0.4) is 0 Å². The molecule has 9 heteroatoms. The van der Waals surface area contributed by atoms with Gasteiger partial charge in [0.05, 0.1) is 6.61 Å². The fourth-order valence-electron chi connectivity index (χ4n) is 4.35. The van der Waals surface area contributed by atoms with Gasteiger partial charge in [0.1, 0.15) is 6.54 Å². The summed E-state index contributed by atoms with van der Waals surface area (Å²) in [6.07, 6.45) is 0. The topological polar surface area (TPSA) is 85.5 Å². The Labute approximate surface area is 204 Å². The Morgan fingerprint density at radius 2 is 1.51 bits per heavy atom. The van der Waals surface area contributed by atoms with Gasteiger partial charge in [0.25, 0.3) is 17.8 Å². The average Bonchev–Trinajstić information content (AvgIpc) is 3.20. The van der Waals surface area contributed by atoms with E-state index >= 15 is 0 Å². The minimum absolute atomic E-state index is 0.132. The predicted octanol–water partition coefficient (Wildman–Crippen LogP) is 1.97. The van der Waals surface area contributed by atoms with Crippen molar-refractivity contribution in [3.8, 4) is 0 Å². The minimum atomic E-state index is -0.850. The fraction of sp³-hybridized carbons (Fsp3) is 0.346. The number of ether oxygens (including phenoxy) is 1. The van der Waals surface area contributed by atoms with E-state index in [4.69, 9.17) is 9.73 Å². The molecule has 0 spiro atoms. The second-order valence-corrected chi connectivity index (χ2v) is 8.58. The van der Waals surface area contributed by atoms with Crippen molar-refractivity contribution >= 4 is 29.6 Å². The molecule has 1 fully saturated rings. The molecule has 0 N–H and O–H groups in total. The van der Waals surface area contributed by atoms with Gasteiger partial charge in [-0.2, -0.15) is 0 Å². The fourth-order valence-corrected chi connectivity index (χ4v) is 4.35. The number of carbonyl (C=O) groups excluding carboxylic acids is 3. The van der Waals surface area contributed by atoms with Crippen LogP contribution >= 0.6 is 0 Å². The molecule has 2 aromatic carbocycles. The molecule has 0 aliphatic carbocycles. The third-order valence-electron chi connectivity index (χ3n) is 6.08. The number of esters is 1. The Morgan fingerprint density at radius 3 is 2.06 bits per heavy atom. The van der Waals surface area contributed by atoms with Gasteiger partial charge in [-0.3, -0.25) is 19.5 Å². The molecule has 0 aromatic heterocycles. The number of hydrogen-bond acceptors (Lipinski definition) is 6. The summed E-state index contributed by atoms with van der Waals surface area (Å²) >= 11 is 0. The molecule has 182 valence electrons. The molecule has 0 radical (unpaired) electrons. The Balaban J connectivity index is 1.70. The van der Waals surface area contributed by atoms with Crippen LogP contribution in [0.4, 0.5) is 4.79 Å². The zero-order chi connectivity index (χ0) is 24.9. The highest BCUT2D eigenvalue weighted by molar-refractivity contribution is 6.23. The van der Waals surface area contributed by atoms with Crippen molar-refractivity contribution in [2.45, 2.75) is 26.1 Å². The Kier molecular flexibility index (Phi) is 7.36. The molecule has 0 bridgehead atoms.